The molecule has 0 saturated heterocycles. The van der Waals surface area contributed by atoms with Gasteiger partial charge in [-0.3, -0.25) is 10.1 Å². The summed E-state index contributed by atoms with van der Waals surface area (Å²) in [6, 6.07) is 10.2. The molecule has 0 heterocycles. The minimum absolute atomic E-state index is 0.169. The van der Waals surface area contributed by atoms with Crippen LogP contribution in [0.4, 0.5) is 11.4 Å². The number of nitro groups is 1. The van der Waals surface area contributed by atoms with Gasteiger partial charge in [0.25, 0.3) is 5.69 Å². The zero-order valence-corrected chi connectivity index (χ0v) is 13.9. The summed E-state index contributed by atoms with van der Waals surface area (Å²) >= 11 is 5.76. The lowest BCUT2D eigenvalue weighted by atomic mass is 10.3. The van der Waals surface area contributed by atoms with Crippen LogP contribution in [0.25, 0.3) is 0 Å². The SMILES string of the molecule is NS(=O)(=O)c1cc([N+](=O)[O-])ccc1NCCOc1ccc(Cl)cc1. The van der Waals surface area contributed by atoms with Gasteiger partial charge in [-0.15, -0.1) is 0 Å². The highest BCUT2D eigenvalue weighted by atomic mass is 35.5. The molecule has 3 N–H and O–H groups in total. The zero-order chi connectivity index (χ0) is 17.7. The van der Waals surface area contributed by atoms with Crippen molar-refractivity contribution in [1.82, 2.24) is 0 Å². The van der Waals surface area contributed by atoms with E-state index in [0.29, 0.717) is 10.8 Å². The molecule has 128 valence electrons. The molecule has 0 aliphatic rings. The summed E-state index contributed by atoms with van der Waals surface area (Å²) in [4.78, 5) is 9.72. The van der Waals surface area contributed by atoms with Crippen molar-refractivity contribution in [3.05, 3.63) is 57.6 Å². The average Bonchev–Trinajstić information content (AvgIpc) is 2.52. The van der Waals surface area contributed by atoms with Crippen LogP contribution in [0.15, 0.2) is 47.4 Å². The maximum absolute atomic E-state index is 11.6. The van der Waals surface area contributed by atoms with Crippen molar-refractivity contribution < 1.29 is 18.1 Å². The molecule has 0 saturated carbocycles. The maximum atomic E-state index is 11.6. The van der Waals surface area contributed by atoms with E-state index >= 15 is 0 Å². The fourth-order valence-corrected chi connectivity index (χ4v) is 2.75. The first-order chi connectivity index (χ1) is 11.3. The number of nitrogens with two attached hydrogens (primary N) is 1. The van der Waals surface area contributed by atoms with Crippen LogP contribution in [0, 0.1) is 10.1 Å². The molecular weight excluding hydrogens is 358 g/mol. The van der Waals surface area contributed by atoms with Crippen molar-refractivity contribution in [2.75, 3.05) is 18.5 Å². The molecule has 0 bridgehead atoms. The lowest BCUT2D eigenvalue weighted by Crippen LogP contribution is -2.18. The van der Waals surface area contributed by atoms with Gasteiger partial charge in [0.2, 0.25) is 10.0 Å². The molecule has 0 amide bonds. The van der Waals surface area contributed by atoms with E-state index in [1.807, 2.05) is 0 Å². The van der Waals surface area contributed by atoms with E-state index in [4.69, 9.17) is 21.5 Å². The highest BCUT2D eigenvalue weighted by Crippen LogP contribution is 2.25. The standard InChI is InChI=1S/C14H14ClN3O5S/c15-10-1-4-12(5-2-10)23-8-7-17-13-6-3-11(18(19)20)9-14(13)24(16,21)22/h1-6,9,17H,7-8H2,(H2,16,21,22). The van der Waals surface area contributed by atoms with Crippen molar-refractivity contribution >= 4 is 33.0 Å². The minimum atomic E-state index is -4.11. The highest BCUT2D eigenvalue weighted by Gasteiger charge is 2.18. The largest absolute Gasteiger partial charge is 0.492 e. The van der Waals surface area contributed by atoms with Crippen LogP contribution in [0.1, 0.15) is 0 Å². The fraction of sp³-hybridized carbons (Fsp3) is 0.143. The number of nitrogens with one attached hydrogen (secondary N) is 1. The molecule has 0 spiro atoms. The lowest BCUT2D eigenvalue weighted by molar-refractivity contribution is -0.385. The molecule has 2 aromatic carbocycles. The molecule has 0 unspecified atom stereocenters. The van der Waals surface area contributed by atoms with Gasteiger partial charge < -0.3 is 10.1 Å². The third-order valence-electron chi connectivity index (χ3n) is 2.98. The Kier molecular flexibility index (Phi) is 5.60. The number of anilines is 1. The van der Waals surface area contributed by atoms with Crippen molar-refractivity contribution in [2.45, 2.75) is 4.90 Å². The van der Waals surface area contributed by atoms with Crippen molar-refractivity contribution in [1.29, 1.82) is 0 Å². The van der Waals surface area contributed by atoms with Crippen LogP contribution in [-0.4, -0.2) is 26.5 Å². The molecule has 2 aromatic rings. The number of hydrogen-bond acceptors (Lipinski definition) is 6. The van der Waals surface area contributed by atoms with E-state index in [0.717, 1.165) is 6.07 Å². The lowest BCUT2D eigenvalue weighted by Gasteiger charge is -2.11. The molecular formula is C14H14ClN3O5S. The number of non-ortho nitro benzene ring substituents is 1. The van der Waals surface area contributed by atoms with Gasteiger partial charge in [0.05, 0.1) is 10.6 Å². The third kappa shape index (κ3) is 4.82. The quantitative estimate of drug-likeness (QED) is 0.437. The van der Waals surface area contributed by atoms with Crippen LogP contribution in [-0.2, 0) is 10.0 Å². The molecule has 0 aliphatic carbocycles. The first-order valence-electron chi connectivity index (χ1n) is 6.71. The first kappa shape index (κ1) is 18.0. The van der Waals surface area contributed by atoms with E-state index in [-0.39, 0.29) is 29.4 Å². The summed E-state index contributed by atoms with van der Waals surface area (Å²) in [5.74, 6) is 0.608. The Morgan fingerprint density at radius 1 is 1.21 bits per heavy atom. The second-order valence-corrected chi connectivity index (χ2v) is 6.68. The predicted octanol–water partition coefficient (Wildman–Crippen LogP) is 2.39. The molecule has 24 heavy (non-hydrogen) atoms. The van der Waals surface area contributed by atoms with Crippen LogP contribution in [0.3, 0.4) is 0 Å². The molecule has 0 fully saturated rings. The summed E-state index contributed by atoms with van der Waals surface area (Å²) < 4.78 is 28.6. The molecule has 0 radical (unpaired) electrons. The van der Waals surface area contributed by atoms with Gasteiger partial charge in [-0.05, 0) is 30.3 Å². The number of benzene rings is 2. The monoisotopic (exact) mass is 371 g/mol. The number of hydrogen-bond donors (Lipinski definition) is 2. The van der Waals surface area contributed by atoms with Crippen molar-refractivity contribution in [3.8, 4) is 5.75 Å². The molecule has 0 aliphatic heterocycles. The number of halogens is 1. The topological polar surface area (TPSA) is 125 Å². The third-order valence-corrected chi connectivity index (χ3v) is 4.19. The second-order valence-electron chi connectivity index (χ2n) is 4.71. The van der Waals surface area contributed by atoms with Crippen LogP contribution in [0.5, 0.6) is 5.75 Å². The maximum Gasteiger partial charge on any atom is 0.270 e. The molecule has 2 rings (SSSR count). The Hall–Kier alpha value is -2.36. The Morgan fingerprint density at radius 3 is 2.46 bits per heavy atom. The van der Waals surface area contributed by atoms with Gasteiger partial charge in [0, 0.05) is 23.7 Å². The van der Waals surface area contributed by atoms with Gasteiger partial charge in [0.1, 0.15) is 17.3 Å². The molecule has 10 heteroatoms. The fourth-order valence-electron chi connectivity index (χ4n) is 1.89. The van der Waals surface area contributed by atoms with E-state index in [1.54, 1.807) is 24.3 Å². The smallest absolute Gasteiger partial charge is 0.270 e. The van der Waals surface area contributed by atoms with E-state index < -0.39 is 14.9 Å². The Labute approximate surface area is 143 Å². The summed E-state index contributed by atoms with van der Waals surface area (Å²) in [7, 11) is -4.11. The molecule has 0 aromatic heterocycles. The number of nitrogens with zero attached hydrogens (tertiary/aromatic N) is 1. The Bertz CT molecular complexity index is 840. The average molecular weight is 372 g/mol. The molecule has 0 atom stereocenters. The second kappa shape index (κ2) is 7.47. The van der Waals surface area contributed by atoms with E-state index in [9.17, 15) is 18.5 Å². The van der Waals surface area contributed by atoms with Crippen LogP contribution < -0.4 is 15.2 Å². The van der Waals surface area contributed by atoms with Crippen molar-refractivity contribution in [2.24, 2.45) is 5.14 Å². The van der Waals surface area contributed by atoms with Gasteiger partial charge in [-0.2, -0.15) is 0 Å². The highest BCUT2D eigenvalue weighted by molar-refractivity contribution is 7.89. The Morgan fingerprint density at radius 2 is 1.88 bits per heavy atom. The van der Waals surface area contributed by atoms with Crippen LogP contribution >= 0.6 is 11.6 Å². The number of nitro benzene ring substituents is 1. The number of rotatable bonds is 7. The van der Waals surface area contributed by atoms with Gasteiger partial charge in [-0.25, -0.2) is 13.6 Å². The van der Waals surface area contributed by atoms with E-state index in [2.05, 4.69) is 5.32 Å². The Balaban J connectivity index is 2.04. The number of ether oxygens (including phenoxy) is 1. The van der Waals surface area contributed by atoms with Gasteiger partial charge in [0.15, 0.2) is 0 Å². The summed E-state index contributed by atoms with van der Waals surface area (Å²) in [6.45, 7) is 0.506. The number of sulfonamides is 1. The van der Waals surface area contributed by atoms with Gasteiger partial charge in [-0.1, -0.05) is 11.6 Å². The molecule has 8 nitrogen and oxygen atoms in total. The van der Waals surface area contributed by atoms with Crippen LogP contribution in [0.2, 0.25) is 5.02 Å². The number of primary sulfonamides is 1. The summed E-state index contributed by atoms with van der Waals surface area (Å²) in [5, 5.41) is 19.3. The summed E-state index contributed by atoms with van der Waals surface area (Å²) in [5.41, 5.74) is -0.190. The predicted molar refractivity (Wildman–Crippen MR) is 89.9 cm³/mol. The minimum Gasteiger partial charge on any atom is -0.492 e. The summed E-state index contributed by atoms with van der Waals surface area (Å²) in [6.07, 6.45) is 0. The van der Waals surface area contributed by atoms with E-state index in [1.165, 1.54) is 12.1 Å². The first-order valence-corrected chi connectivity index (χ1v) is 8.63. The van der Waals surface area contributed by atoms with Crippen molar-refractivity contribution in [3.63, 3.8) is 0 Å². The normalized spacial score (nSPS) is 11.1. The zero-order valence-electron chi connectivity index (χ0n) is 12.3. The van der Waals surface area contributed by atoms with Gasteiger partial charge >= 0.3 is 0 Å².